The molecule has 0 fully saturated rings. The Morgan fingerprint density at radius 3 is 2.19 bits per heavy atom. The van der Waals surface area contributed by atoms with Gasteiger partial charge in [0.25, 0.3) is 11.8 Å². The fourth-order valence-corrected chi connectivity index (χ4v) is 5.19. The zero-order valence-electron chi connectivity index (χ0n) is 20.9. The number of carbonyl (C=O) groups is 2. The molecular formula is C28H25FN6O2. The zero-order chi connectivity index (χ0) is 26.0. The van der Waals surface area contributed by atoms with Crippen molar-refractivity contribution < 1.29 is 14.0 Å². The number of halogens is 1. The summed E-state index contributed by atoms with van der Waals surface area (Å²) in [4.78, 5) is 37.5. The van der Waals surface area contributed by atoms with Gasteiger partial charge in [0.1, 0.15) is 18.2 Å². The Labute approximate surface area is 212 Å². The van der Waals surface area contributed by atoms with Crippen LogP contribution < -0.4 is 0 Å². The van der Waals surface area contributed by atoms with Crippen molar-refractivity contribution in [3.8, 4) is 5.69 Å². The monoisotopic (exact) mass is 496 g/mol. The van der Waals surface area contributed by atoms with E-state index >= 15 is 0 Å². The molecule has 0 saturated heterocycles. The van der Waals surface area contributed by atoms with Gasteiger partial charge >= 0.3 is 0 Å². The summed E-state index contributed by atoms with van der Waals surface area (Å²) in [5.41, 5.74) is 4.77. The molecule has 0 saturated carbocycles. The molecule has 4 heterocycles. The van der Waals surface area contributed by atoms with Crippen molar-refractivity contribution in [3.05, 3.63) is 88.9 Å². The number of fused-ring (bicyclic) bond motifs is 4. The normalized spacial score (nSPS) is 14.4. The van der Waals surface area contributed by atoms with Crippen molar-refractivity contribution in [1.82, 2.24) is 29.0 Å². The largest absolute Gasteiger partial charge is 0.298 e. The predicted octanol–water partition coefficient (Wildman–Crippen LogP) is 5.21. The highest BCUT2D eigenvalue weighted by atomic mass is 19.1. The van der Waals surface area contributed by atoms with Crippen LogP contribution in [0.4, 0.5) is 4.39 Å². The third kappa shape index (κ3) is 3.45. The summed E-state index contributed by atoms with van der Waals surface area (Å²) in [7, 11) is 0. The summed E-state index contributed by atoms with van der Waals surface area (Å²) in [5, 5.41) is 5.51. The van der Waals surface area contributed by atoms with Crippen molar-refractivity contribution in [2.24, 2.45) is 5.92 Å². The van der Waals surface area contributed by atoms with Crippen molar-refractivity contribution >= 4 is 28.5 Å². The van der Waals surface area contributed by atoms with Gasteiger partial charge in [-0.25, -0.2) is 18.9 Å². The van der Waals surface area contributed by atoms with E-state index in [1.54, 1.807) is 47.2 Å². The number of rotatable bonds is 5. The molecule has 1 aliphatic rings. The second kappa shape index (κ2) is 8.33. The summed E-state index contributed by atoms with van der Waals surface area (Å²) in [6, 6.07) is 12.5. The standard InChI is InChI=1S/C28H25FN6O2/c1-15(2)13-22(35-27(36)20-7-5-6-8-21(20)28(35)37)24-31-26-23-16(3)17(4)34(19-11-9-18(29)10-12-19)25(23)30-14-33(26)32-24/h5-12,14-15,22H,13H2,1-4H3/t22-/m0/s1. The number of benzene rings is 2. The van der Waals surface area contributed by atoms with Crippen LogP contribution in [0.15, 0.2) is 54.9 Å². The quantitative estimate of drug-likeness (QED) is 0.312. The van der Waals surface area contributed by atoms with E-state index in [-0.39, 0.29) is 23.5 Å². The maximum atomic E-state index is 13.6. The Bertz CT molecular complexity index is 1680. The minimum Gasteiger partial charge on any atom is -0.298 e. The van der Waals surface area contributed by atoms with Gasteiger partial charge in [-0.1, -0.05) is 26.0 Å². The smallest absolute Gasteiger partial charge is 0.262 e. The van der Waals surface area contributed by atoms with E-state index in [1.807, 2.05) is 32.3 Å². The van der Waals surface area contributed by atoms with Crippen molar-refractivity contribution in [2.75, 3.05) is 0 Å². The molecule has 1 aliphatic heterocycles. The van der Waals surface area contributed by atoms with E-state index < -0.39 is 6.04 Å². The maximum absolute atomic E-state index is 13.6. The highest BCUT2D eigenvalue weighted by Gasteiger charge is 2.42. The molecule has 8 nitrogen and oxygen atoms in total. The highest BCUT2D eigenvalue weighted by molar-refractivity contribution is 6.21. The van der Waals surface area contributed by atoms with Gasteiger partial charge in [-0.15, -0.1) is 5.10 Å². The van der Waals surface area contributed by atoms with Crippen LogP contribution in [0.5, 0.6) is 0 Å². The summed E-state index contributed by atoms with van der Waals surface area (Å²) in [6.45, 7) is 8.05. The molecule has 3 aromatic heterocycles. The van der Waals surface area contributed by atoms with Crippen LogP contribution in [0, 0.1) is 25.6 Å². The zero-order valence-corrected chi connectivity index (χ0v) is 20.9. The molecule has 0 spiro atoms. The van der Waals surface area contributed by atoms with Gasteiger partial charge in [0, 0.05) is 11.4 Å². The number of hydrogen-bond acceptors (Lipinski definition) is 5. The highest BCUT2D eigenvalue weighted by Crippen LogP contribution is 2.36. The molecule has 9 heteroatoms. The summed E-state index contributed by atoms with van der Waals surface area (Å²) in [5.74, 6) is -0.395. The average Bonchev–Trinajstić information content (AvgIpc) is 3.50. The molecule has 0 aliphatic carbocycles. The minimum absolute atomic E-state index is 0.183. The topological polar surface area (TPSA) is 85.4 Å². The molecule has 6 rings (SSSR count). The number of amides is 2. The van der Waals surface area contributed by atoms with E-state index in [0.29, 0.717) is 34.7 Å². The molecule has 0 unspecified atom stereocenters. The summed E-state index contributed by atoms with van der Waals surface area (Å²) < 4.78 is 17.1. The molecule has 2 aromatic carbocycles. The number of hydrogen-bond donors (Lipinski definition) is 0. The van der Waals surface area contributed by atoms with Crippen LogP contribution in [0.2, 0.25) is 0 Å². The van der Waals surface area contributed by atoms with Crippen LogP contribution in [-0.4, -0.2) is 40.9 Å². The van der Waals surface area contributed by atoms with Crippen LogP contribution in [0.1, 0.15) is 64.1 Å². The van der Waals surface area contributed by atoms with Crippen molar-refractivity contribution in [3.63, 3.8) is 0 Å². The Kier molecular flexibility index (Phi) is 5.18. The molecule has 0 N–H and O–H groups in total. The number of aromatic nitrogens is 5. The average molecular weight is 497 g/mol. The first kappa shape index (κ1) is 23.0. The second-order valence-corrected chi connectivity index (χ2v) is 9.87. The number of nitrogens with zero attached hydrogens (tertiary/aromatic N) is 6. The SMILES string of the molecule is Cc1c(C)n(-c2ccc(F)cc2)c2ncn3nc([C@H](CC(C)C)N4C(=O)c5ccccc5C4=O)nc3c12. The summed E-state index contributed by atoms with van der Waals surface area (Å²) >= 11 is 0. The lowest BCUT2D eigenvalue weighted by atomic mass is 10.0. The Hall–Kier alpha value is -4.40. The van der Waals surface area contributed by atoms with Gasteiger partial charge in [-0.2, -0.15) is 0 Å². The first-order chi connectivity index (χ1) is 17.8. The minimum atomic E-state index is -0.622. The molecule has 1 atom stereocenters. The Morgan fingerprint density at radius 1 is 0.919 bits per heavy atom. The lowest BCUT2D eigenvalue weighted by molar-refractivity contribution is 0.0555. The number of aryl methyl sites for hydroxylation is 1. The lowest BCUT2D eigenvalue weighted by Gasteiger charge is -2.25. The van der Waals surface area contributed by atoms with E-state index in [9.17, 15) is 14.0 Å². The van der Waals surface area contributed by atoms with Crippen LogP contribution >= 0.6 is 0 Å². The fourth-order valence-electron chi connectivity index (χ4n) is 5.19. The van der Waals surface area contributed by atoms with Crippen LogP contribution in [0.25, 0.3) is 22.4 Å². The third-order valence-electron chi connectivity index (χ3n) is 7.06. The Balaban J connectivity index is 1.52. The van der Waals surface area contributed by atoms with Gasteiger partial charge < -0.3 is 0 Å². The maximum Gasteiger partial charge on any atom is 0.262 e. The van der Waals surface area contributed by atoms with E-state index in [0.717, 1.165) is 22.3 Å². The predicted molar refractivity (Wildman–Crippen MR) is 136 cm³/mol. The van der Waals surface area contributed by atoms with Gasteiger partial charge in [-0.3, -0.25) is 19.1 Å². The molecule has 37 heavy (non-hydrogen) atoms. The van der Waals surface area contributed by atoms with E-state index in [1.165, 1.54) is 17.0 Å². The number of imide groups is 1. The second-order valence-electron chi connectivity index (χ2n) is 9.87. The van der Waals surface area contributed by atoms with E-state index in [4.69, 9.17) is 10.1 Å². The van der Waals surface area contributed by atoms with Gasteiger partial charge in [0.05, 0.1) is 16.5 Å². The van der Waals surface area contributed by atoms with Crippen molar-refractivity contribution in [2.45, 2.75) is 40.2 Å². The first-order valence-electron chi connectivity index (χ1n) is 12.2. The molecule has 2 amide bonds. The van der Waals surface area contributed by atoms with Crippen LogP contribution in [0.3, 0.4) is 0 Å². The van der Waals surface area contributed by atoms with E-state index in [2.05, 4.69) is 4.98 Å². The molecule has 5 aromatic rings. The molecule has 0 bridgehead atoms. The van der Waals surface area contributed by atoms with Gasteiger partial charge in [0.15, 0.2) is 17.1 Å². The van der Waals surface area contributed by atoms with Gasteiger partial charge in [0.2, 0.25) is 0 Å². The molecule has 186 valence electrons. The lowest BCUT2D eigenvalue weighted by Crippen LogP contribution is -2.35. The van der Waals surface area contributed by atoms with Crippen molar-refractivity contribution in [1.29, 1.82) is 0 Å². The number of carbonyl (C=O) groups excluding carboxylic acids is 2. The third-order valence-corrected chi connectivity index (χ3v) is 7.06. The fraction of sp³-hybridized carbons (Fsp3) is 0.250. The van der Waals surface area contributed by atoms with Gasteiger partial charge in [-0.05, 0) is 68.1 Å². The molecular weight excluding hydrogens is 471 g/mol. The van der Waals surface area contributed by atoms with Crippen LogP contribution in [-0.2, 0) is 0 Å². The summed E-state index contributed by atoms with van der Waals surface area (Å²) in [6.07, 6.45) is 2.11. The molecule has 0 radical (unpaired) electrons. The Morgan fingerprint density at radius 2 is 1.57 bits per heavy atom. The first-order valence-corrected chi connectivity index (χ1v) is 12.2.